The molecule has 0 aliphatic heterocycles. The van der Waals surface area contributed by atoms with Gasteiger partial charge in [0.2, 0.25) is 5.91 Å². The van der Waals surface area contributed by atoms with Crippen LogP contribution in [-0.2, 0) is 4.79 Å². The van der Waals surface area contributed by atoms with Crippen LogP contribution in [0.15, 0.2) is 23.4 Å². The lowest BCUT2D eigenvalue weighted by Gasteiger charge is -2.24. The molecule has 0 radical (unpaired) electrons. The Balaban J connectivity index is 2.47. The van der Waals surface area contributed by atoms with Crippen molar-refractivity contribution in [2.24, 2.45) is 0 Å². The molecule has 0 bridgehead atoms. The van der Waals surface area contributed by atoms with E-state index in [0.717, 1.165) is 11.3 Å². The molecule has 0 aliphatic carbocycles. The molecule has 0 fully saturated rings. The van der Waals surface area contributed by atoms with Gasteiger partial charge < -0.3 is 11.1 Å². The highest BCUT2D eigenvalue weighted by molar-refractivity contribution is 8.00. The third-order valence-electron chi connectivity index (χ3n) is 2.53. The Morgan fingerprint density at radius 3 is 2.88 bits per heavy atom. The van der Waals surface area contributed by atoms with Gasteiger partial charge in [0.05, 0.1) is 17.6 Å². The predicted molar refractivity (Wildman–Crippen MR) is 71.9 cm³/mol. The van der Waals surface area contributed by atoms with E-state index in [4.69, 9.17) is 5.73 Å². The molecule has 0 unspecified atom stereocenters. The summed E-state index contributed by atoms with van der Waals surface area (Å²) in [7, 11) is 0. The Labute approximate surface area is 106 Å². The summed E-state index contributed by atoms with van der Waals surface area (Å²) >= 11 is 1.43. The van der Waals surface area contributed by atoms with E-state index in [0.29, 0.717) is 11.4 Å². The number of nitrogens with zero attached hydrogens (tertiary/aromatic N) is 1. The number of rotatable bonds is 5. The van der Waals surface area contributed by atoms with Gasteiger partial charge in [0, 0.05) is 16.6 Å². The topological polar surface area (TPSA) is 68.0 Å². The van der Waals surface area contributed by atoms with Gasteiger partial charge in [0.1, 0.15) is 0 Å². The second kappa shape index (κ2) is 5.91. The van der Waals surface area contributed by atoms with E-state index < -0.39 is 0 Å². The van der Waals surface area contributed by atoms with E-state index in [1.54, 1.807) is 12.4 Å². The average Bonchev–Trinajstić information content (AvgIpc) is 2.27. The van der Waals surface area contributed by atoms with Gasteiger partial charge in [-0.2, -0.15) is 0 Å². The molecule has 0 spiro atoms. The standard InChI is InChI=1S/C12H19N3OS/c1-4-12(2,3)15-11(16)8-17-10-5-6-14-7-9(10)13/h5-7H,4,8,13H2,1-3H3,(H,15,16). The van der Waals surface area contributed by atoms with Gasteiger partial charge in [0.15, 0.2) is 0 Å². The summed E-state index contributed by atoms with van der Waals surface area (Å²) in [5.41, 5.74) is 6.20. The van der Waals surface area contributed by atoms with Gasteiger partial charge in [-0.3, -0.25) is 9.78 Å². The van der Waals surface area contributed by atoms with Crippen LogP contribution in [-0.4, -0.2) is 22.2 Å². The van der Waals surface area contributed by atoms with E-state index in [-0.39, 0.29) is 11.4 Å². The molecule has 5 heteroatoms. The summed E-state index contributed by atoms with van der Waals surface area (Å²) < 4.78 is 0. The van der Waals surface area contributed by atoms with Crippen molar-refractivity contribution in [3.63, 3.8) is 0 Å². The van der Waals surface area contributed by atoms with Crippen molar-refractivity contribution in [3.05, 3.63) is 18.5 Å². The van der Waals surface area contributed by atoms with Crippen LogP contribution in [0.2, 0.25) is 0 Å². The molecule has 1 aromatic heterocycles. The number of aromatic nitrogens is 1. The van der Waals surface area contributed by atoms with Crippen LogP contribution in [0.25, 0.3) is 0 Å². The zero-order chi connectivity index (χ0) is 12.9. The highest BCUT2D eigenvalue weighted by atomic mass is 32.2. The molecule has 1 heterocycles. The first-order valence-electron chi connectivity index (χ1n) is 5.58. The summed E-state index contributed by atoms with van der Waals surface area (Å²) in [5, 5.41) is 2.98. The Morgan fingerprint density at radius 2 is 2.29 bits per heavy atom. The molecular weight excluding hydrogens is 234 g/mol. The highest BCUT2D eigenvalue weighted by Crippen LogP contribution is 2.23. The molecule has 1 rings (SSSR count). The monoisotopic (exact) mass is 253 g/mol. The molecule has 17 heavy (non-hydrogen) atoms. The second-order valence-electron chi connectivity index (χ2n) is 4.49. The van der Waals surface area contributed by atoms with Crippen molar-refractivity contribution in [2.75, 3.05) is 11.5 Å². The van der Waals surface area contributed by atoms with Gasteiger partial charge in [-0.1, -0.05) is 6.92 Å². The maximum Gasteiger partial charge on any atom is 0.230 e. The maximum absolute atomic E-state index is 11.7. The summed E-state index contributed by atoms with van der Waals surface area (Å²) in [6.07, 6.45) is 4.17. The number of amides is 1. The molecule has 94 valence electrons. The first-order valence-corrected chi connectivity index (χ1v) is 6.56. The zero-order valence-corrected chi connectivity index (χ0v) is 11.3. The Kier molecular flexibility index (Phi) is 4.81. The number of nitrogens with one attached hydrogen (secondary N) is 1. The molecule has 1 aromatic rings. The summed E-state index contributed by atoms with van der Waals surface area (Å²) in [6.45, 7) is 6.07. The van der Waals surface area contributed by atoms with E-state index in [9.17, 15) is 4.79 Å². The molecular formula is C12H19N3OS. The normalized spacial score (nSPS) is 11.2. The average molecular weight is 253 g/mol. The molecule has 0 atom stereocenters. The summed E-state index contributed by atoms with van der Waals surface area (Å²) in [4.78, 5) is 16.5. The van der Waals surface area contributed by atoms with Crippen molar-refractivity contribution < 1.29 is 4.79 Å². The summed E-state index contributed by atoms with van der Waals surface area (Å²) in [6, 6.07) is 1.82. The number of hydrogen-bond donors (Lipinski definition) is 2. The van der Waals surface area contributed by atoms with E-state index >= 15 is 0 Å². The van der Waals surface area contributed by atoms with E-state index in [1.807, 2.05) is 26.8 Å². The molecule has 0 aromatic carbocycles. The quantitative estimate of drug-likeness (QED) is 0.788. The molecule has 0 saturated carbocycles. The Hall–Kier alpha value is -1.23. The van der Waals surface area contributed by atoms with Crippen molar-refractivity contribution in [3.8, 4) is 0 Å². The van der Waals surface area contributed by atoms with Crippen LogP contribution in [0.1, 0.15) is 27.2 Å². The van der Waals surface area contributed by atoms with Crippen molar-refractivity contribution in [2.45, 2.75) is 37.6 Å². The smallest absolute Gasteiger partial charge is 0.230 e. The van der Waals surface area contributed by atoms with Gasteiger partial charge in [-0.15, -0.1) is 11.8 Å². The highest BCUT2D eigenvalue weighted by Gasteiger charge is 2.17. The van der Waals surface area contributed by atoms with Crippen LogP contribution in [0.5, 0.6) is 0 Å². The fourth-order valence-corrected chi connectivity index (χ4v) is 1.91. The lowest BCUT2D eigenvalue weighted by Crippen LogP contribution is -2.43. The first-order chi connectivity index (χ1) is 7.94. The fourth-order valence-electron chi connectivity index (χ4n) is 1.17. The number of nitrogen functional groups attached to an aromatic ring is 1. The summed E-state index contributed by atoms with van der Waals surface area (Å²) in [5.74, 6) is 0.399. The van der Waals surface area contributed by atoms with Crippen LogP contribution in [0.3, 0.4) is 0 Å². The number of nitrogens with two attached hydrogens (primary N) is 1. The zero-order valence-electron chi connectivity index (χ0n) is 10.5. The number of pyridine rings is 1. The van der Waals surface area contributed by atoms with Crippen LogP contribution >= 0.6 is 11.8 Å². The minimum atomic E-state index is -0.151. The molecule has 3 N–H and O–H groups in total. The Morgan fingerprint density at radius 1 is 1.59 bits per heavy atom. The fraction of sp³-hybridized carbons (Fsp3) is 0.500. The molecule has 0 aliphatic rings. The van der Waals surface area contributed by atoms with Gasteiger partial charge in [-0.25, -0.2) is 0 Å². The lowest BCUT2D eigenvalue weighted by molar-refractivity contribution is -0.120. The SMILES string of the molecule is CCC(C)(C)NC(=O)CSc1ccncc1N. The molecule has 0 saturated heterocycles. The van der Waals surface area contributed by atoms with Gasteiger partial charge >= 0.3 is 0 Å². The predicted octanol–water partition coefficient (Wildman–Crippen LogP) is 2.06. The van der Waals surface area contributed by atoms with Crippen LogP contribution in [0.4, 0.5) is 5.69 Å². The minimum Gasteiger partial charge on any atom is -0.397 e. The first kappa shape index (κ1) is 13.8. The second-order valence-corrected chi connectivity index (χ2v) is 5.50. The molecule has 1 amide bonds. The Bertz CT molecular complexity index is 393. The van der Waals surface area contributed by atoms with Gasteiger partial charge in [0.25, 0.3) is 0 Å². The number of anilines is 1. The number of carbonyl (C=O) groups is 1. The third-order valence-corrected chi connectivity index (χ3v) is 3.62. The largest absolute Gasteiger partial charge is 0.397 e. The van der Waals surface area contributed by atoms with Crippen molar-refractivity contribution >= 4 is 23.4 Å². The minimum absolute atomic E-state index is 0.0260. The lowest BCUT2D eigenvalue weighted by atomic mass is 10.0. The van der Waals surface area contributed by atoms with E-state index in [1.165, 1.54) is 11.8 Å². The maximum atomic E-state index is 11.7. The van der Waals surface area contributed by atoms with Gasteiger partial charge in [-0.05, 0) is 26.3 Å². The van der Waals surface area contributed by atoms with Crippen molar-refractivity contribution in [1.82, 2.24) is 10.3 Å². The van der Waals surface area contributed by atoms with E-state index in [2.05, 4.69) is 10.3 Å². The number of carbonyl (C=O) groups excluding carboxylic acids is 1. The molecule has 4 nitrogen and oxygen atoms in total. The van der Waals surface area contributed by atoms with Crippen LogP contribution < -0.4 is 11.1 Å². The number of hydrogen-bond acceptors (Lipinski definition) is 4. The third kappa shape index (κ3) is 4.65. The number of thioether (sulfide) groups is 1. The van der Waals surface area contributed by atoms with Crippen LogP contribution in [0, 0.1) is 0 Å². The van der Waals surface area contributed by atoms with Crippen molar-refractivity contribution in [1.29, 1.82) is 0 Å².